The molecule has 2 heterocycles. The molecule has 10 heteroatoms. The summed E-state index contributed by atoms with van der Waals surface area (Å²) in [4.78, 5) is 45.2. The van der Waals surface area contributed by atoms with Crippen LogP contribution >= 0.6 is 0 Å². The second-order valence-corrected chi connectivity index (χ2v) is 10.1. The number of aromatic nitrogens is 2. The minimum atomic E-state index is -1.23. The summed E-state index contributed by atoms with van der Waals surface area (Å²) in [7, 11) is 0. The zero-order valence-corrected chi connectivity index (χ0v) is 22.1. The number of carboxylic acids is 1. The number of amides is 2. The summed E-state index contributed by atoms with van der Waals surface area (Å²) >= 11 is 0. The van der Waals surface area contributed by atoms with E-state index in [9.17, 15) is 24.6 Å². The number of carboxylic acid groups (broad SMARTS) is 1. The van der Waals surface area contributed by atoms with Crippen LogP contribution in [-0.4, -0.2) is 56.1 Å². The summed E-state index contributed by atoms with van der Waals surface area (Å²) in [6, 6.07) is 18.2. The van der Waals surface area contributed by atoms with Crippen LogP contribution in [0.5, 0.6) is 5.75 Å². The van der Waals surface area contributed by atoms with E-state index in [2.05, 4.69) is 20.6 Å². The van der Waals surface area contributed by atoms with Crippen molar-refractivity contribution in [3.05, 3.63) is 102 Å². The lowest BCUT2D eigenvalue weighted by molar-refractivity contribution is -0.142. The van der Waals surface area contributed by atoms with E-state index in [-0.39, 0.29) is 25.0 Å². The van der Waals surface area contributed by atoms with Gasteiger partial charge in [-0.2, -0.15) is 0 Å². The Hall–Kier alpha value is -5.09. The van der Waals surface area contributed by atoms with E-state index in [4.69, 9.17) is 5.73 Å². The highest BCUT2D eigenvalue weighted by Gasteiger charge is 2.29. The van der Waals surface area contributed by atoms with Crippen molar-refractivity contribution in [1.29, 1.82) is 0 Å². The Morgan fingerprint density at radius 2 is 1.22 bits per heavy atom. The Bertz CT molecular complexity index is 1690. The number of nitrogens with two attached hydrogens (primary N) is 1. The number of phenols is 1. The molecule has 0 bridgehead atoms. The van der Waals surface area contributed by atoms with Crippen LogP contribution in [0.25, 0.3) is 21.8 Å². The summed E-state index contributed by atoms with van der Waals surface area (Å²) in [6.07, 6.45) is 3.87. The first-order valence-corrected chi connectivity index (χ1v) is 13.3. The van der Waals surface area contributed by atoms with Crippen molar-refractivity contribution >= 4 is 39.6 Å². The molecule has 3 atom stereocenters. The number of benzene rings is 3. The number of hydrogen-bond acceptors (Lipinski definition) is 5. The molecular formula is C31H31N5O5. The molecule has 210 valence electrons. The lowest BCUT2D eigenvalue weighted by atomic mass is 10.0. The standard InChI is InChI=1S/C31H31N5O5/c32-24(13-18-9-11-21(37)12-10-18)29(38)35-27(14-19-16-33-25-7-3-1-5-22(19)25)30(39)36-28(31(40)41)15-20-17-34-26-8-4-2-6-23(20)26/h1-12,16-17,24,27-28,33-34,37H,13-15,32H2,(H,35,38)(H,36,39)(H,40,41)/t24-,27-,28-/m0/s1. The molecule has 0 radical (unpaired) electrons. The third-order valence-corrected chi connectivity index (χ3v) is 7.17. The first kappa shape index (κ1) is 27.5. The maximum absolute atomic E-state index is 13.6. The number of fused-ring (bicyclic) bond motifs is 2. The van der Waals surface area contributed by atoms with Crippen LogP contribution in [0.15, 0.2) is 85.2 Å². The number of H-pyrrole nitrogens is 2. The third kappa shape index (κ3) is 6.39. The average Bonchev–Trinajstić information content (AvgIpc) is 3.57. The molecule has 5 aromatic rings. The molecule has 0 aliphatic rings. The van der Waals surface area contributed by atoms with Gasteiger partial charge in [0.25, 0.3) is 0 Å². The molecule has 3 aromatic carbocycles. The van der Waals surface area contributed by atoms with Gasteiger partial charge in [-0.05, 0) is 47.4 Å². The Morgan fingerprint density at radius 1 is 0.707 bits per heavy atom. The number of phenolic OH excluding ortho intramolecular Hbond substituents is 1. The topological polar surface area (TPSA) is 173 Å². The second kappa shape index (κ2) is 12.0. The maximum atomic E-state index is 13.6. The van der Waals surface area contributed by atoms with Gasteiger partial charge in [0, 0.05) is 47.0 Å². The molecule has 8 N–H and O–H groups in total. The van der Waals surface area contributed by atoms with Crippen LogP contribution in [0.1, 0.15) is 16.7 Å². The first-order chi connectivity index (χ1) is 19.8. The van der Waals surface area contributed by atoms with Crippen LogP contribution in [0.2, 0.25) is 0 Å². The van der Waals surface area contributed by atoms with E-state index in [1.54, 1.807) is 24.5 Å². The fraction of sp³-hybridized carbons (Fsp3) is 0.194. The van der Waals surface area contributed by atoms with Gasteiger partial charge >= 0.3 is 5.97 Å². The highest BCUT2D eigenvalue weighted by molar-refractivity contribution is 5.93. The summed E-state index contributed by atoms with van der Waals surface area (Å²) < 4.78 is 0. The molecule has 2 aromatic heterocycles. The number of carbonyl (C=O) groups excluding carboxylic acids is 2. The predicted molar refractivity (Wildman–Crippen MR) is 155 cm³/mol. The number of carbonyl (C=O) groups is 3. The summed E-state index contributed by atoms with van der Waals surface area (Å²) in [6.45, 7) is 0. The van der Waals surface area contributed by atoms with Crippen LogP contribution in [-0.2, 0) is 33.6 Å². The van der Waals surface area contributed by atoms with Crippen molar-refractivity contribution in [3.8, 4) is 5.75 Å². The van der Waals surface area contributed by atoms with Crippen LogP contribution in [0.4, 0.5) is 0 Å². The van der Waals surface area contributed by atoms with E-state index in [0.29, 0.717) is 0 Å². The van der Waals surface area contributed by atoms with Gasteiger partial charge in [-0.25, -0.2) is 4.79 Å². The van der Waals surface area contributed by atoms with E-state index in [0.717, 1.165) is 38.5 Å². The molecule has 10 nitrogen and oxygen atoms in total. The smallest absolute Gasteiger partial charge is 0.326 e. The lowest BCUT2D eigenvalue weighted by Crippen LogP contribution is -2.55. The molecule has 5 rings (SSSR count). The highest BCUT2D eigenvalue weighted by Crippen LogP contribution is 2.21. The van der Waals surface area contributed by atoms with E-state index in [1.807, 2.05) is 48.5 Å². The van der Waals surface area contributed by atoms with Crippen LogP contribution in [0, 0.1) is 0 Å². The summed E-state index contributed by atoms with van der Waals surface area (Å²) in [5, 5.41) is 26.6. The minimum Gasteiger partial charge on any atom is -0.508 e. The van der Waals surface area contributed by atoms with Crippen molar-refractivity contribution < 1.29 is 24.6 Å². The molecule has 41 heavy (non-hydrogen) atoms. The van der Waals surface area contributed by atoms with Crippen LogP contribution < -0.4 is 16.4 Å². The Morgan fingerprint density at radius 3 is 1.78 bits per heavy atom. The average molecular weight is 554 g/mol. The van der Waals surface area contributed by atoms with Gasteiger partial charge in [-0.3, -0.25) is 9.59 Å². The van der Waals surface area contributed by atoms with Gasteiger partial charge in [0.2, 0.25) is 11.8 Å². The Kier molecular flexibility index (Phi) is 8.02. The van der Waals surface area contributed by atoms with E-state index in [1.165, 1.54) is 12.1 Å². The number of aliphatic carboxylic acids is 1. The SMILES string of the molecule is N[C@@H](Cc1ccc(O)cc1)C(=O)N[C@@H](Cc1c[nH]c2ccccc12)C(=O)N[C@@H](Cc1c[nH]c2ccccc12)C(=O)O. The van der Waals surface area contributed by atoms with Crippen molar-refractivity contribution in [2.75, 3.05) is 0 Å². The zero-order valence-electron chi connectivity index (χ0n) is 22.1. The summed E-state index contributed by atoms with van der Waals surface area (Å²) in [5.41, 5.74) is 10.2. The zero-order chi connectivity index (χ0) is 28.9. The van der Waals surface area contributed by atoms with Gasteiger partial charge in [0.15, 0.2) is 0 Å². The number of para-hydroxylation sites is 2. The third-order valence-electron chi connectivity index (χ3n) is 7.17. The van der Waals surface area contributed by atoms with Crippen molar-refractivity contribution in [2.45, 2.75) is 37.4 Å². The molecule has 0 saturated carbocycles. The van der Waals surface area contributed by atoms with Crippen LogP contribution in [0.3, 0.4) is 0 Å². The van der Waals surface area contributed by atoms with Crippen molar-refractivity contribution in [1.82, 2.24) is 20.6 Å². The molecular weight excluding hydrogens is 522 g/mol. The van der Waals surface area contributed by atoms with Gasteiger partial charge < -0.3 is 36.5 Å². The molecule has 0 saturated heterocycles. The van der Waals surface area contributed by atoms with Gasteiger partial charge in [0.1, 0.15) is 17.8 Å². The minimum absolute atomic E-state index is 0.0548. The Labute approximate surface area is 235 Å². The normalized spacial score (nSPS) is 13.5. The quantitative estimate of drug-likeness (QED) is 0.132. The molecule has 0 spiro atoms. The first-order valence-electron chi connectivity index (χ1n) is 13.3. The van der Waals surface area contributed by atoms with Gasteiger partial charge in [0.05, 0.1) is 6.04 Å². The number of aromatic hydroxyl groups is 1. The van der Waals surface area contributed by atoms with Gasteiger partial charge in [-0.1, -0.05) is 48.5 Å². The molecule has 0 aliphatic heterocycles. The molecule has 0 unspecified atom stereocenters. The number of hydrogen-bond donors (Lipinski definition) is 7. The maximum Gasteiger partial charge on any atom is 0.326 e. The van der Waals surface area contributed by atoms with E-state index >= 15 is 0 Å². The van der Waals surface area contributed by atoms with E-state index < -0.39 is 35.9 Å². The summed E-state index contributed by atoms with van der Waals surface area (Å²) in [5.74, 6) is -2.28. The molecule has 0 fully saturated rings. The van der Waals surface area contributed by atoms with Gasteiger partial charge in [-0.15, -0.1) is 0 Å². The number of rotatable bonds is 11. The predicted octanol–water partition coefficient (Wildman–Crippen LogP) is 2.76. The fourth-order valence-electron chi connectivity index (χ4n) is 4.98. The lowest BCUT2D eigenvalue weighted by Gasteiger charge is -2.23. The number of nitrogens with one attached hydrogen (secondary N) is 4. The second-order valence-electron chi connectivity index (χ2n) is 10.1. The fourth-order valence-corrected chi connectivity index (χ4v) is 4.98. The van der Waals surface area contributed by atoms with Crippen molar-refractivity contribution in [2.24, 2.45) is 5.73 Å². The molecule has 2 amide bonds. The monoisotopic (exact) mass is 553 g/mol. The number of aromatic amines is 2. The Balaban J connectivity index is 1.36. The largest absolute Gasteiger partial charge is 0.508 e. The molecule has 0 aliphatic carbocycles. The highest BCUT2D eigenvalue weighted by atomic mass is 16.4. The van der Waals surface area contributed by atoms with Crippen molar-refractivity contribution in [3.63, 3.8) is 0 Å².